The highest BCUT2D eigenvalue weighted by molar-refractivity contribution is 7.14. The third kappa shape index (κ3) is 3.79. The molecule has 0 spiro atoms. The van der Waals surface area contributed by atoms with Crippen LogP contribution in [0, 0.1) is 20.8 Å². The molecule has 3 heterocycles. The molecule has 0 bridgehead atoms. The summed E-state index contributed by atoms with van der Waals surface area (Å²) in [7, 11) is 3.06. The van der Waals surface area contributed by atoms with E-state index >= 15 is 0 Å². The highest BCUT2D eigenvalue weighted by Gasteiger charge is 2.21. The van der Waals surface area contributed by atoms with Crippen molar-refractivity contribution in [2.75, 3.05) is 14.2 Å². The smallest absolute Gasteiger partial charge is 0.249 e. The zero-order valence-corrected chi connectivity index (χ0v) is 18.9. The molecule has 1 aromatic carbocycles. The van der Waals surface area contributed by atoms with Crippen molar-refractivity contribution >= 4 is 16.9 Å². The van der Waals surface area contributed by atoms with Gasteiger partial charge in [0.2, 0.25) is 5.88 Å². The van der Waals surface area contributed by atoms with Crippen LogP contribution >= 0.6 is 11.3 Å². The highest BCUT2D eigenvalue weighted by Crippen LogP contribution is 2.40. The summed E-state index contributed by atoms with van der Waals surface area (Å²) in [5.41, 5.74) is 1.96. The molecule has 0 aliphatic heterocycles. The maximum absolute atomic E-state index is 10.1. The van der Waals surface area contributed by atoms with Gasteiger partial charge in [-0.2, -0.15) is 4.98 Å². The molecule has 0 saturated heterocycles. The van der Waals surface area contributed by atoms with Gasteiger partial charge in [0.15, 0.2) is 11.3 Å². The minimum Gasteiger partial charge on any atom is -0.496 e. The SMILES string of the molecule is COc1cc(Oc2nc(-c3cnc(C)s3)nn3c(C)nc(C)c23)cc(OC)c1C(C)O. The maximum Gasteiger partial charge on any atom is 0.249 e. The lowest BCUT2D eigenvalue weighted by Gasteiger charge is -2.17. The van der Waals surface area contributed by atoms with Crippen LogP contribution in [-0.2, 0) is 0 Å². The Morgan fingerprint density at radius 1 is 1.06 bits per heavy atom. The van der Waals surface area contributed by atoms with E-state index in [1.807, 2.05) is 20.8 Å². The van der Waals surface area contributed by atoms with E-state index in [1.54, 1.807) is 29.8 Å². The van der Waals surface area contributed by atoms with Crippen LogP contribution < -0.4 is 14.2 Å². The first-order valence-corrected chi connectivity index (χ1v) is 10.4. The van der Waals surface area contributed by atoms with Crippen LogP contribution in [0.1, 0.15) is 35.1 Å². The topological polar surface area (TPSA) is 104 Å². The average Bonchev–Trinajstić information content (AvgIpc) is 3.29. The van der Waals surface area contributed by atoms with Gasteiger partial charge in [-0.25, -0.2) is 14.5 Å². The first-order valence-electron chi connectivity index (χ1n) is 9.61. The van der Waals surface area contributed by atoms with Crippen molar-refractivity contribution in [3.8, 4) is 33.8 Å². The number of fused-ring (bicyclic) bond motifs is 1. The molecule has 0 aliphatic rings. The zero-order chi connectivity index (χ0) is 22.3. The average molecular weight is 442 g/mol. The Labute approximate surface area is 183 Å². The number of aliphatic hydroxyl groups excluding tert-OH is 1. The van der Waals surface area contributed by atoms with Crippen LogP contribution in [0.3, 0.4) is 0 Å². The van der Waals surface area contributed by atoms with Crippen molar-refractivity contribution in [1.82, 2.24) is 24.6 Å². The van der Waals surface area contributed by atoms with E-state index in [0.717, 1.165) is 21.4 Å². The Bertz CT molecular complexity index is 1240. The van der Waals surface area contributed by atoms with Gasteiger partial charge in [-0.3, -0.25) is 0 Å². The molecule has 0 aliphatic carbocycles. The number of nitrogens with zero attached hydrogens (tertiary/aromatic N) is 5. The molecule has 1 N–H and O–H groups in total. The summed E-state index contributed by atoms with van der Waals surface area (Å²) >= 11 is 1.50. The molecule has 3 aromatic heterocycles. The summed E-state index contributed by atoms with van der Waals surface area (Å²) in [6.45, 7) is 7.34. The molecular formula is C21H23N5O4S. The van der Waals surface area contributed by atoms with E-state index in [2.05, 4.69) is 20.1 Å². The van der Waals surface area contributed by atoms with Crippen molar-refractivity contribution < 1.29 is 19.3 Å². The Morgan fingerprint density at radius 3 is 2.29 bits per heavy atom. The van der Waals surface area contributed by atoms with Gasteiger partial charge in [0, 0.05) is 18.3 Å². The quantitative estimate of drug-likeness (QED) is 0.478. The van der Waals surface area contributed by atoms with Gasteiger partial charge in [0.05, 0.1) is 41.5 Å². The number of hydrogen-bond acceptors (Lipinski definition) is 9. The van der Waals surface area contributed by atoms with E-state index < -0.39 is 6.10 Å². The second-order valence-electron chi connectivity index (χ2n) is 7.01. The second-order valence-corrected chi connectivity index (χ2v) is 8.24. The van der Waals surface area contributed by atoms with Gasteiger partial charge >= 0.3 is 0 Å². The normalized spacial score (nSPS) is 12.2. The van der Waals surface area contributed by atoms with E-state index in [-0.39, 0.29) is 0 Å². The standard InChI is InChI=1S/C21H23N5O4S/c1-10-19-21(30-14-7-15(28-5)18(11(2)27)16(8-14)29-6)24-20(17-9-22-13(4)31-17)25-26(19)12(3)23-10/h7-9,11,27H,1-6H3. The number of ether oxygens (including phenoxy) is 3. The van der Waals surface area contributed by atoms with Gasteiger partial charge in [0.25, 0.3) is 0 Å². The molecule has 4 rings (SSSR count). The number of methoxy groups -OCH3 is 2. The first-order chi connectivity index (χ1) is 14.8. The number of hydrogen-bond donors (Lipinski definition) is 1. The molecular weight excluding hydrogens is 418 g/mol. The molecule has 9 nitrogen and oxygen atoms in total. The number of aromatic nitrogens is 5. The maximum atomic E-state index is 10.1. The zero-order valence-electron chi connectivity index (χ0n) is 18.1. The van der Waals surface area contributed by atoms with Crippen molar-refractivity contribution in [3.63, 3.8) is 0 Å². The molecule has 4 aromatic rings. The molecule has 0 fully saturated rings. The van der Waals surface area contributed by atoms with Crippen molar-refractivity contribution in [2.45, 2.75) is 33.8 Å². The molecule has 0 radical (unpaired) electrons. The van der Waals surface area contributed by atoms with Crippen LogP contribution in [0.2, 0.25) is 0 Å². The summed E-state index contributed by atoms with van der Waals surface area (Å²) < 4.78 is 18.9. The molecule has 31 heavy (non-hydrogen) atoms. The fraction of sp³-hybridized carbons (Fsp3) is 0.333. The van der Waals surface area contributed by atoms with Gasteiger partial charge in [-0.15, -0.1) is 16.4 Å². The number of aliphatic hydroxyl groups is 1. The van der Waals surface area contributed by atoms with Gasteiger partial charge in [-0.1, -0.05) is 0 Å². The Hall–Kier alpha value is -3.24. The van der Waals surface area contributed by atoms with Gasteiger partial charge in [-0.05, 0) is 27.7 Å². The Morgan fingerprint density at radius 2 is 1.74 bits per heavy atom. The molecule has 0 amide bonds. The van der Waals surface area contributed by atoms with Gasteiger partial charge < -0.3 is 19.3 Å². The summed E-state index contributed by atoms with van der Waals surface area (Å²) in [4.78, 5) is 14.3. The number of rotatable bonds is 6. The summed E-state index contributed by atoms with van der Waals surface area (Å²) in [5.74, 6) is 2.92. The number of aryl methyl sites for hydroxylation is 3. The van der Waals surface area contributed by atoms with Crippen LogP contribution in [0.4, 0.5) is 0 Å². The highest BCUT2D eigenvalue weighted by atomic mass is 32.1. The second kappa shape index (κ2) is 8.12. The first kappa shape index (κ1) is 21.0. The molecule has 0 saturated carbocycles. The van der Waals surface area contributed by atoms with Crippen molar-refractivity contribution in [1.29, 1.82) is 0 Å². The summed E-state index contributed by atoms with van der Waals surface area (Å²) in [6.07, 6.45) is 0.971. The lowest BCUT2D eigenvalue weighted by Crippen LogP contribution is -2.04. The monoisotopic (exact) mass is 441 g/mol. The third-order valence-electron chi connectivity index (χ3n) is 4.79. The summed E-state index contributed by atoms with van der Waals surface area (Å²) in [5, 5.41) is 15.7. The Balaban J connectivity index is 1.88. The number of imidazole rings is 1. The molecule has 1 unspecified atom stereocenters. The van der Waals surface area contributed by atoms with E-state index in [0.29, 0.717) is 40.0 Å². The molecule has 10 heteroatoms. The fourth-order valence-electron chi connectivity index (χ4n) is 3.43. The van der Waals surface area contributed by atoms with Crippen LogP contribution in [0.25, 0.3) is 16.2 Å². The largest absolute Gasteiger partial charge is 0.496 e. The van der Waals surface area contributed by atoms with Crippen LogP contribution in [0.15, 0.2) is 18.3 Å². The number of benzene rings is 1. The van der Waals surface area contributed by atoms with Crippen LogP contribution in [0.5, 0.6) is 23.1 Å². The Kier molecular flexibility index (Phi) is 5.50. The fourth-order valence-corrected chi connectivity index (χ4v) is 4.14. The van der Waals surface area contributed by atoms with Crippen molar-refractivity contribution in [3.05, 3.63) is 40.4 Å². The van der Waals surface area contributed by atoms with Crippen molar-refractivity contribution in [2.24, 2.45) is 0 Å². The van der Waals surface area contributed by atoms with Crippen LogP contribution in [-0.4, -0.2) is 43.9 Å². The predicted molar refractivity (Wildman–Crippen MR) is 116 cm³/mol. The molecule has 1 atom stereocenters. The minimum atomic E-state index is -0.773. The summed E-state index contributed by atoms with van der Waals surface area (Å²) in [6, 6.07) is 3.39. The lowest BCUT2D eigenvalue weighted by atomic mass is 10.1. The van der Waals surface area contributed by atoms with E-state index in [1.165, 1.54) is 25.6 Å². The minimum absolute atomic E-state index is 0.350. The van der Waals surface area contributed by atoms with E-state index in [4.69, 9.17) is 14.2 Å². The van der Waals surface area contributed by atoms with Gasteiger partial charge in [0.1, 0.15) is 23.1 Å². The number of thiazole rings is 1. The third-order valence-corrected chi connectivity index (χ3v) is 5.70. The van der Waals surface area contributed by atoms with E-state index in [9.17, 15) is 5.11 Å². The molecule has 162 valence electrons. The lowest BCUT2D eigenvalue weighted by molar-refractivity contribution is 0.188. The predicted octanol–water partition coefficient (Wildman–Crippen LogP) is 4.04.